The van der Waals surface area contributed by atoms with Gasteiger partial charge in [-0.15, -0.1) is 11.6 Å². The Morgan fingerprint density at radius 3 is 2.79 bits per heavy atom. The normalized spacial score (nSPS) is 15.9. The Kier molecular flexibility index (Phi) is 4.04. The molecule has 0 spiro atoms. The number of aryl methyl sites for hydroxylation is 1. The molecule has 0 bridgehead atoms. The van der Waals surface area contributed by atoms with E-state index in [1.807, 2.05) is 0 Å². The van der Waals surface area contributed by atoms with Gasteiger partial charge >= 0.3 is 0 Å². The van der Waals surface area contributed by atoms with Gasteiger partial charge in [0.25, 0.3) is 11.6 Å². The first-order valence-corrected chi connectivity index (χ1v) is 6.60. The SMILES string of the molecule is Cc1cc(C(=O)NCC(Cl)C2CC2)ccc1[N+](=O)[O-]. The number of nitro groups is 1. The summed E-state index contributed by atoms with van der Waals surface area (Å²) in [4.78, 5) is 22.1. The van der Waals surface area contributed by atoms with Crippen molar-refractivity contribution in [1.29, 1.82) is 0 Å². The number of nitro benzene ring substituents is 1. The molecule has 19 heavy (non-hydrogen) atoms. The van der Waals surface area contributed by atoms with Crippen molar-refractivity contribution in [3.8, 4) is 0 Å². The van der Waals surface area contributed by atoms with Crippen molar-refractivity contribution in [3.05, 3.63) is 39.4 Å². The molecule has 1 aliphatic carbocycles. The molecule has 1 aromatic carbocycles. The van der Waals surface area contributed by atoms with Gasteiger partial charge in [-0.3, -0.25) is 14.9 Å². The smallest absolute Gasteiger partial charge is 0.272 e. The molecule has 0 aromatic heterocycles. The summed E-state index contributed by atoms with van der Waals surface area (Å²) >= 11 is 6.10. The molecule has 2 rings (SSSR count). The predicted octanol–water partition coefficient (Wildman–Crippen LogP) is 2.65. The van der Waals surface area contributed by atoms with Crippen LogP contribution in [0.4, 0.5) is 5.69 Å². The highest BCUT2D eigenvalue weighted by atomic mass is 35.5. The van der Waals surface area contributed by atoms with E-state index in [2.05, 4.69) is 5.32 Å². The summed E-state index contributed by atoms with van der Waals surface area (Å²) in [5, 5.41) is 13.4. The number of hydrogen-bond donors (Lipinski definition) is 1. The van der Waals surface area contributed by atoms with Crippen molar-refractivity contribution in [1.82, 2.24) is 5.32 Å². The summed E-state index contributed by atoms with van der Waals surface area (Å²) in [6.07, 6.45) is 2.25. The number of carbonyl (C=O) groups is 1. The summed E-state index contributed by atoms with van der Waals surface area (Å²) in [6.45, 7) is 2.05. The Morgan fingerprint density at radius 1 is 1.58 bits per heavy atom. The van der Waals surface area contributed by atoms with E-state index in [1.54, 1.807) is 6.92 Å². The number of carbonyl (C=O) groups excluding carboxylic acids is 1. The van der Waals surface area contributed by atoms with Crippen LogP contribution >= 0.6 is 11.6 Å². The lowest BCUT2D eigenvalue weighted by atomic mass is 10.1. The van der Waals surface area contributed by atoms with Gasteiger partial charge in [0.1, 0.15) is 0 Å². The fraction of sp³-hybridized carbons (Fsp3) is 0.462. The standard InChI is InChI=1S/C13H15ClN2O3/c1-8-6-10(4-5-12(8)16(18)19)13(17)15-7-11(14)9-2-3-9/h4-6,9,11H,2-3,7H2,1H3,(H,15,17). The highest BCUT2D eigenvalue weighted by Gasteiger charge is 2.29. The van der Waals surface area contributed by atoms with Crippen LogP contribution in [0.15, 0.2) is 18.2 Å². The second kappa shape index (κ2) is 5.57. The van der Waals surface area contributed by atoms with E-state index < -0.39 is 4.92 Å². The molecular formula is C13H15ClN2O3. The lowest BCUT2D eigenvalue weighted by Crippen LogP contribution is -2.30. The molecule has 1 amide bonds. The van der Waals surface area contributed by atoms with Crippen LogP contribution in [0.5, 0.6) is 0 Å². The Labute approximate surface area is 116 Å². The van der Waals surface area contributed by atoms with E-state index >= 15 is 0 Å². The van der Waals surface area contributed by atoms with Crippen molar-refractivity contribution in [2.75, 3.05) is 6.54 Å². The van der Waals surface area contributed by atoms with Crippen LogP contribution in [-0.4, -0.2) is 22.8 Å². The quantitative estimate of drug-likeness (QED) is 0.513. The number of halogens is 1. The molecule has 1 saturated carbocycles. The van der Waals surface area contributed by atoms with E-state index in [9.17, 15) is 14.9 Å². The lowest BCUT2D eigenvalue weighted by molar-refractivity contribution is -0.385. The number of alkyl halides is 1. The van der Waals surface area contributed by atoms with Gasteiger partial charge in [-0.1, -0.05) is 0 Å². The van der Waals surface area contributed by atoms with Gasteiger partial charge in [0, 0.05) is 23.7 Å². The minimum Gasteiger partial charge on any atom is -0.351 e. The lowest BCUT2D eigenvalue weighted by Gasteiger charge is -2.10. The molecule has 5 nitrogen and oxygen atoms in total. The Balaban J connectivity index is 1.98. The fourth-order valence-corrected chi connectivity index (χ4v) is 2.25. The maximum Gasteiger partial charge on any atom is 0.272 e. The molecular weight excluding hydrogens is 268 g/mol. The van der Waals surface area contributed by atoms with Gasteiger partial charge in [-0.2, -0.15) is 0 Å². The zero-order valence-electron chi connectivity index (χ0n) is 10.6. The Morgan fingerprint density at radius 2 is 2.26 bits per heavy atom. The average molecular weight is 283 g/mol. The molecule has 0 heterocycles. The molecule has 0 saturated heterocycles. The summed E-state index contributed by atoms with van der Waals surface area (Å²) in [5.41, 5.74) is 0.912. The molecule has 1 fully saturated rings. The molecule has 0 radical (unpaired) electrons. The van der Waals surface area contributed by atoms with Crippen LogP contribution in [0.1, 0.15) is 28.8 Å². The first kappa shape index (κ1) is 13.8. The summed E-state index contributed by atoms with van der Waals surface area (Å²) < 4.78 is 0. The summed E-state index contributed by atoms with van der Waals surface area (Å²) in [6, 6.07) is 4.33. The van der Waals surface area contributed by atoms with E-state index in [-0.39, 0.29) is 17.0 Å². The van der Waals surface area contributed by atoms with Crippen molar-refractivity contribution in [3.63, 3.8) is 0 Å². The van der Waals surface area contributed by atoms with Crippen LogP contribution in [0.2, 0.25) is 0 Å². The average Bonchev–Trinajstić information content (AvgIpc) is 3.19. The van der Waals surface area contributed by atoms with Crippen LogP contribution in [0, 0.1) is 23.0 Å². The molecule has 1 aromatic rings. The van der Waals surface area contributed by atoms with Crippen molar-refractivity contribution >= 4 is 23.2 Å². The number of hydrogen-bond acceptors (Lipinski definition) is 3. The van der Waals surface area contributed by atoms with Crippen molar-refractivity contribution in [2.45, 2.75) is 25.1 Å². The van der Waals surface area contributed by atoms with Gasteiger partial charge in [-0.05, 0) is 37.8 Å². The second-order valence-corrected chi connectivity index (χ2v) is 5.38. The van der Waals surface area contributed by atoms with Crippen molar-refractivity contribution < 1.29 is 9.72 Å². The number of benzene rings is 1. The zero-order valence-corrected chi connectivity index (χ0v) is 11.3. The second-order valence-electron chi connectivity index (χ2n) is 4.82. The predicted molar refractivity (Wildman–Crippen MR) is 72.5 cm³/mol. The highest BCUT2D eigenvalue weighted by Crippen LogP contribution is 2.35. The van der Waals surface area contributed by atoms with Gasteiger partial charge in [-0.25, -0.2) is 0 Å². The zero-order chi connectivity index (χ0) is 14.0. The molecule has 6 heteroatoms. The minimum absolute atomic E-state index is 0.0183. The minimum atomic E-state index is -0.459. The Bertz CT molecular complexity index is 515. The summed E-state index contributed by atoms with van der Waals surface area (Å²) in [5.74, 6) is 0.268. The molecule has 102 valence electrons. The Hall–Kier alpha value is -1.62. The first-order valence-electron chi connectivity index (χ1n) is 6.16. The largest absolute Gasteiger partial charge is 0.351 e. The number of rotatable bonds is 5. The molecule has 1 N–H and O–H groups in total. The monoisotopic (exact) mass is 282 g/mol. The third kappa shape index (κ3) is 3.44. The highest BCUT2D eigenvalue weighted by molar-refractivity contribution is 6.21. The fourth-order valence-electron chi connectivity index (χ4n) is 1.92. The van der Waals surface area contributed by atoms with Gasteiger partial charge in [0.15, 0.2) is 0 Å². The molecule has 0 aliphatic heterocycles. The summed E-state index contributed by atoms with van der Waals surface area (Å²) in [7, 11) is 0. The van der Waals surface area contributed by atoms with E-state index in [0.717, 1.165) is 12.8 Å². The van der Waals surface area contributed by atoms with E-state index in [0.29, 0.717) is 23.6 Å². The van der Waals surface area contributed by atoms with Gasteiger partial charge in [0.2, 0.25) is 0 Å². The van der Waals surface area contributed by atoms with Gasteiger partial charge in [0.05, 0.1) is 10.3 Å². The van der Waals surface area contributed by atoms with Crippen LogP contribution in [0.3, 0.4) is 0 Å². The third-order valence-electron chi connectivity index (χ3n) is 3.25. The maximum atomic E-state index is 11.9. The number of nitrogens with zero attached hydrogens (tertiary/aromatic N) is 1. The third-order valence-corrected chi connectivity index (χ3v) is 3.76. The van der Waals surface area contributed by atoms with Gasteiger partial charge < -0.3 is 5.32 Å². The van der Waals surface area contributed by atoms with Crippen LogP contribution in [0.25, 0.3) is 0 Å². The molecule has 1 aliphatic rings. The molecule has 1 atom stereocenters. The number of nitrogens with one attached hydrogen (secondary N) is 1. The van der Waals surface area contributed by atoms with Crippen molar-refractivity contribution in [2.24, 2.45) is 5.92 Å². The maximum absolute atomic E-state index is 11.9. The topological polar surface area (TPSA) is 72.2 Å². The van der Waals surface area contributed by atoms with E-state index in [4.69, 9.17) is 11.6 Å². The molecule has 1 unspecified atom stereocenters. The first-order chi connectivity index (χ1) is 8.99. The van der Waals surface area contributed by atoms with Crippen LogP contribution in [-0.2, 0) is 0 Å². The van der Waals surface area contributed by atoms with E-state index in [1.165, 1.54) is 18.2 Å². The number of amides is 1. The van der Waals surface area contributed by atoms with Crippen LogP contribution < -0.4 is 5.32 Å².